The van der Waals surface area contributed by atoms with Crippen LogP contribution in [0.15, 0.2) is 24.3 Å². The molecule has 0 heterocycles. The van der Waals surface area contributed by atoms with Crippen molar-refractivity contribution in [2.75, 3.05) is 13.2 Å². The molecule has 0 saturated carbocycles. The largest absolute Gasteiger partial charge is 0.462 e. The van der Waals surface area contributed by atoms with Gasteiger partial charge in [-0.25, -0.2) is 0 Å². The topological polar surface area (TPSA) is 78.9 Å². The van der Waals surface area contributed by atoms with Gasteiger partial charge in [0.15, 0.2) is 6.10 Å². The molecule has 406 valence electrons. The van der Waals surface area contributed by atoms with Crippen LogP contribution in [0, 0.1) is 0 Å². The molecule has 0 fully saturated rings. The Balaban J connectivity index is 4.21. The molecule has 0 radical (unpaired) electrons. The second-order valence-corrected chi connectivity index (χ2v) is 21.0. The molecule has 0 saturated heterocycles. The molecule has 1 atom stereocenters. The molecular formula is C63H118O6. The van der Waals surface area contributed by atoms with Gasteiger partial charge in [0.05, 0.1) is 0 Å². The van der Waals surface area contributed by atoms with Crippen molar-refractivity contribution < 1.29 is 28.6 Å². The van der Waals surface area contributed by atoms with Crippen LogP contribution in [0.2, 0.25) is 0 Å². The summed E-state index contributed by atoms with van der Waals surface area (Å²) in [7, 11) is 0. The summed E-state index contributed by atoms with van der Waals surface area (Å²) >= 11 is 0. The van der Waals surface area contributed by atoms with Gasteiger partial charge in [0.1, 0.15) is 13.2 Å². The Morgan fingerprint density at radius 1 is 0.290 bits per heavy atom. The number of carbonyl (C=O) groups is 3. The fourth-order valence-electron chi connectivity index (χ4n) is 9.30. The first-order valence-corrected chi connectivity index (χ1v) is 30.8. The zero-order valence-corrected chi connectivity index (χ0v) is 46.6. The number of allylic oxidation sites excluding steroid dienone is 4. The van der Waals surface area contributed by atoms with Gasteiger partial charge in [-0.05, 0) is 51.4 Å². The number of hydrogen-bond donors (Lipinski definition) is 0. The maximum absolute atomic E-state index is 12.8. The van der Waals surface area contributed by atoms with Crippen molar-refractivity contribution in [1.82, 2.24) is 0 Å². The molecule has 0 N–H and O–H groups in total. The highest BCUT2D eigenvalue weighted by atomic mass is 16.6. The van der Waals surface area contributed by atoms with Crippen LogP contribution in [-0.2, 0) is 28.6 Å². The second kappa shape index (κ2) is 58.5. The van der Waals surface area contributed by atoms with Crippen LogP contribution in [-0.4, -0.2) is 37.2 Å². The van der Waals surface area contributed by atoms with Gasteiger partial charge in [-0.15, -0.1) is 0 Å². The van der Waals surface area contributed by atoms with E-state index in [2.05, 4.69) is 45.1 Å². The predicted molar refractivity (Wildman–Crippen MR) is 298 cm³/mol. The van der Waals surface area contributed by atoms with Crippen molar-refractivity contribution >= 4 is 17.9 Å². The molecule has 0 aromatic heterocycles. The molecule has 0 bridgehead atoms. The SMILES string of the molecule is CCCCCC/C=C\C/C=C\CCCCCCCC(=O)OC(COC(=O)CCCCCCCCCCCCC)COC(=O)CCCCCCCCCCCCCCCCCCCCCCCCCC. The lowest BCUT2D eigenvalue weighted by molar-refractivity contribution is -0.167. The normalized spacial score (nSPS) is 12.1. The third-order valence-corrected chi connectivity index (χ3v) is 14.0. The molecule has 0 aliphatic rings. The van der Waals surface area contributed by atoms with Crippen LogP contribution in [0.4, 0.5) is 0 Å². The van der Waals surface area contributed by atoms with Crippen molar-refractivity contribution in [3.63, 3.8) is 0 Å². The van der Waals surface area contributed by atoms with Gasteiger partial charge in [0, 0.05) is 19.3 Å². The smallest absolute Gasteiger partial charge is 0.306 e. The highest BCUT2D eigenvalue weighted by Crippen LogP contribution is 2.18. The number of hydrogen-bond acceptors (Lipinski definition) is 6. The lowest BCUT2D eigenvalue weighted by Crippen LogP contribution is -2.30. The molecule has 1 unspecified atom stereocenters. The van der Waals surface area contributed by atoms with Crippen LogP contribution in [0.1, 0.15) is 342 Å². The zero-order chi connectivity index (χ0) is 50.0. The van der Waals surface area contributed by atoms with Crippen molar-refractivity contribution in [3.05, 3.63) is 24.3 Å². The van der Waals surface area contributed by atoms with Gasteiger partial charge in [0.25, 0.3) is 0 Å². The Hall–Kier alpha value is -2.11. The molecule has 0 amide bonds. The summed E-state index contributed by atoms with van der Waals surface area (Å²) in [5.41, 5.74) is 0. The summed E-state index contributed by atoms with van der Waals surface area (Å²) in [4.78, 5) is 38.1. The Morgan fingerprint density at radius 3 is 0.812 bits per heavy atom. The van der Waals surface area contributed by atoms with Crippen LogP contribution < -0.4 is 0 Å². The van der Waals surface area contributed by atoms with Gasteiger partial charge in [-0.3, -0.25) is 14.4 Å². The van der Waals surface area contributed by atoms with Gasteiger partial charge in [-0.1, -0.05) is 295 Å². The summed E-state index contributed by atoms with van der Waals surface area (Å²) < 4.78 is 16.9. The van der Waals surface area contributed by atoms with Crippen LogP contribution >= 0.6 is 0 Å². The first-order valence-electron chi connectivity index (χ1n) is 30.8. The van der Waals surface area contributed by atoms with E-state index in [9.17, 15) is 14.4 Å². The summed E-state index contributed by atoms with van der Waals surface area (Å²) in [6.45, 7) is 6.66. The fourth-order valence-corrected chi connectivity index (χ4v) is 9.30. The van der Waals surface area contributed by atoms with Gasteiger partial charge >= 0.3 is 17.9 Å². The van der Waals surface area contributed by atoms with E-state index >= 15 is 0 Å². The molecular weight excluding hydrogens is 853 g/mol. The number of esters is 3. The molecule has 6 heteroatoms. The van der Waals surface area contributed by atoms with E-state index in [0.29, 0.717) is 19.3 Å². The van der Waals surface area contributed by atoms with Gasteiger partial charge in [-0.2, -0.15) is 0 Å². The number of carbonyl (C=O) groups excluding carboxylic acids is 3. The Labute approximate surface area is 430 Å². The monoisotopic (exact) mass is 971 g/mol. The summed E-state index contributed by atoms with van der Waals surface area (Å²) in [5, 5.41) is 0. The molecule has 0 aromatic carbocycles. The van der Waals surface area contributed by atoms with Crippen molar-refractivity contribution in [2.24, 2.45) is 0 Å². The molecule has 6 nitrogen and oxygen atoms in total. The van der Waals surface area contributed by atoms with E-state index in [4.69, 9.17) is 14.2 Å². The Bertz CT molecular complexity index is 1110. The Morgan fingerprint density at radius 2 is 0.522 bits per heavy atom. The molecule has 0 aliphatic carbocycles. The molecule has 0 aromatic rings. The van der Waals surface area contributed by atoms with Crippen LogP contribution in [0.3, 0.4) is 0 Å². The van der Waals surface area contributed by atoms with E-state index in [-0.39, 0.29) is 31.1 Å². The van der Waals surface area contributed by atoms with E-state index < -0.39 is 6.10 Å². The van der Waals surface area contributed by atoms with Crippen LogP contribution in [0.25, 0.3) is 0 Å². The average Bonchev–Trinajstić information content (AvgIpc) is 3.35. The average molecular weight is 972 g/mol. The standard InChI is InChI=1S/C63H118O6/c1-4-7-10-13-16-19-22-24-26-28-29-30-31-32-33-34-35-37-38-41-44-47-50-53-56-62(65)68-59-60(58-67-61(64)55-52-49-46-43-40-21-18-15-12-9-6-3)69-63(66)57-54-51-48-45-42-39-36-27-25-23-20-17-14-11-8-5-2/h20,23,27,36,60H,4-19,21-22,24-26,28-35,37-59H2,1-3H3/b23-20-,36-27-. The molecule has 0 rings (SSSR count). The maximum atomic E-state index is 12.8. The third kappa shape index (κ3) is 56.7. The van der Waals surface area contributed by atoms with Crippen molar-refractivity contribution in [1.29, 1.82) is 0 Å². The minimum absolute atomic E-state index is 0.0715. The van der Waals surface area contributed by atoms with E-state index in [0.717, 1.165) is 77.0 Å². The van der Waals surface area contributed by atoms with Gasteiger partial charge < -0.3 is 14.2 Å². The first-order chi connectivity index (χ1) is 34.0. The zero-order valence-electron chi connectivity index (χ0n) is 46.6. The second-order valence-electron chi connectivity index (χ2n) is 21.0. The fraction of sp³-hybridized carbons (Fsp3) is 0.889. The maximum Gasteiger partial charge on any atom is 0.306 e. The molecule has 0 aliphatic heterocycles. The first kappa shape index (κ1) is 66.9. The van der Waals surface area contributed by atoms with Crippen molar-refractivity contribution in [3.8, 4) is 0 Å². The highest BCUT2D eigenvalue weighted by molar-refractivity contribution is 5.71. The summed E-state index contributed by atoms with van der Waals surface area (Å²) in [6.07, 6.45) is 69.0. The van der Waals surface area contributed by atoms with E-state index in [1.807, 2.05) is 0 Å². The summed E-state index contributed by atoms with van der Waals surface area (Å²) in [6, 6.07) is 0. The van der Waals surface area contributed by atoms with Crippen molar-refractivity contribution in [2.45, 2.75) is 348 Å². The number of rotatable bonds is 57. The minimum Gasteiger partial charge on any atom is -0.462 e. The third-order valence-electron chi connectivity index (χ3n) is 14.0. The van der Waals surface area contributed by atoms with Gasteiger partial charge in [0.2, 0.25) is 0 Å². The van der Waals surface area contributed by atoms with E-state index in [1.54, 1.807) is 0 Å². The molecule has 0 spiro atoms. The number of unbranched alkanes of at least 4 members (excludes halogenated alkanes) is 42. The number of ether oxygens (including phenoxy) is 3. The minimum atomic E-state index is -0.773. The quantitative estimate of drug-likeness (QED) is 0.0261. The predicted octanol–water partition coefficient (Wildman–Crippen LogP) is 20.7. The van der Waals surface area contributed by atoms with Crippen LogP contribution in [0.5, 0.6) is 0 Å². The van der Waals surface area contributed by atoms with E-state index in [1.165, 1.54) is 225 Å². The lowest BCUT2D eigenvalue weighted by Gasteiger charge is -2.18. The highest BCUT2D eigenvalue weighted by Gasteiger charge is 2.19. The Kier molecular flexibility index (Phi) is 56.7. The molecule has 69 heavy (non-hydrogen) atoms. The summed E-state index contributed by atoms with van der Waals surface area (Å²) in [5.74, 6) is -0.863. The lowest BCUT2D eigenvalue weighted by atomic mass is 10.0.